The van der Waals surface area contributed by atoms with Crippen LogP contribution in [0.5, 0.6) is 5.75 Å². The number of amides is 2. The number of benzene rings is 1. The van der Waals surface area contributed by atoms with Crippen molar-refractivity contribution in [3.63, 3.8) is 0 Å². The number of aryl methyl sites for hydroxylation is 2. The van der Waals surface area contributed by atoms with E-state index in [0.29, 0.717) is 26.3 Å². The maximum Gasteiger partial charge on any atom is 0.314 e. The van der Waals surface area contributed by atoms with E-state index >= 15 is 0 Å². The van der Waals surface area contributed by atoms with Crippen molar-refractivity contribution in [3.05, 3.63) is 29.3 Å². The fourth-order valence-corrected chi connectivity index (χ4v) is 1.62. The summed E-state index contributed by atoms with van der Waals surface area (Å²) in [5.41, 5.74) is 2.44. The number of methoxy groups -OCH3 is 1. The fourth-order valence-electron chi connectivity index (χ4n) is 1.62. The molecule has 112 valence electrons. The van der Waals surface area contributed by atoms with Crippen molar-refractivity contribution in [1.82, 2.24) is 10.6 Å². The highest BCUT2D eigenvalue weighted by molar-refractivity contribution is 5.73. The first kappa shape index (κ1) is 16.3. The molecule has 0 atom stereocenters. The summed E-state index contributed by atoms with van der Waals surface area (Å²) in [5, 5.41) is 5.49. The second-order valence-corrected chi connectivity index (χ2v) is 4.62. The quantitative estimate of drug-likeness (QED) is 0.716. The van der Waals surface area contributed by atoms with Gasteiger partial charge >= 0.3 is 6.03 Å². The summed E-state index contributed by atoms with van der Waals surface area (Å²) in [4.78, 5) is 11.4. The van der Waals surface area contributed by atoms with Gasteiger partial charge in [0.15, 0.2) is 0 Å². The number of rotatable bonds is 8. The molecule has 0 fully saturated rings. The minimum absolute atomic E-state index is 0.176. The minimum Gasteiger partial charge on any atom is -0.492 e. The number of urea groups is 1. The Bertz CT molecular complexity index is 422. The fraction of sp³-hybridized carbons (Fsp3) is 0.533. The van der Waals surface area contributed by atoms with Gasteiger partial charge in [-0.05, 0) is 43.5 Å². The van der Waals surface area contributed by atoms with Gasteiger partial charge in [-0.3, -0.25) is 0 Å². The standard InChI is InChI=1S/C15H24N2O3/c1-12-5-6-14(11-13(12)2)20-10-8-17-15(18)16-7-4-9-19-3/h5-6,11H,4,7-10H2,1-3H3,(H2,16,17,18). The van der Waals surface area contributed by atoms with E-state index in [4.69, 9.17) is 9.47 Å². The van der Waals surface area contributed by atoms with Gasteiger partial charge in [-0.1, -0.05) is 6.07 Å². The highest BCUT2D eigenvalue weighted by atomic mass is 16.5. The van der Waals surface area contributed by atoms with E-state index < -0.39 is 0 Å². The predicted octanol–water partition coefficient (Wildman–Crippen LogP) is 2.02. The van der Waals surface area contributed by atoms with Crippen molar-refractivity contribution >= 4 is 6.03 Å². The second-order valence-electron chi connectivity index (χ2n) is 4.62. The lowest BCUT2D eigenvalue weighted by atomic mass is 10.1. The Hall–Kier alpha value is -1.75. The molecule has 0 heterocycles. The van der Waals surface area contributed by atoms with Crippen LogP contribution in [0.25, 0.3) is 0 Å². The zero-order valence-electron chi connectivity index (χ0n) is 12.5. The van der Waals surface area contributed by atoms with Crippen molar-refractivity contribution < 1.29 is 14.3 Å². The molecule has 0 aliphatic heterocycles. The molecule has 1 aromatic carbocycles. The van der Waals surface area contributed by atoms with Crippen molar-refractivity contribution in [2.24, 2.45) is 0 Å². The molecule has 0 saturated heterocycles. The molecule has 0 aliphatic rings. The lowest BCUT2D eigenvalue weighted by Crippen LogP contribution is -2.38. The van der Waals surface area contributed by atoms with E-state index in [1.54, 1.807) is 7.11 Å². The average molecular weight is 280 g/mol. The molecule has 5 nitrogen and oxygen atoms in total. The van der Waals surface area contributed by atoms with Crippen molar-refractivity contribution in [3.8, 4) is 5.75 Å². The molecule has 0 bridgehead atoms. The van der Waals surface area contributed by atoms with Gasteiger partial charge in [0, 0.05) is 20.3 Å². The highest BCUT2D eigenvalue weighted by Crippen LogP contribution is 2.15. The van der Waals surface area contributed by atoms with Crippen LogP contribution in [-0.2, 0) is 4.74 Å². The third-order valence-corrected chi connectivity index (χ3v) is 2.95. The monoisotopic (exact) mass is 280 g/mol. The lowest BCUT2D eigenvalue weighted by Gasteiger charge is -2.10. The van der Waals surface area contributed by atoms with Crippen molar-refractivity contribution in [1.29, 1.82) is 0 Å². The van der Waals surface area contributed by atoms with Crippen LogP contribution in [0.4, 0.5) is 4.79 Å². The number of carbonyl (C=O) groups is 1. The topological polar surface area (TPSA) is 59.6 Å². The summed E-state index contributed by atoms with van der Waals surface area (Å²) < 4.78 is 10.5. The predicted molar refractivity (Wildman–Crippen MR) is 79.3 cm³/mol. The zero-order valence-corrected chi connectivity index (χ0v) is 12.5. The van der Waals surface area contributed by atoms with Gasteiger partial charge in [-0.15, -0.1) is 0 Å². The summed E-state index contributed by atoms with van der Waals surface area (Å²) >= 11 is 0. The molecule has 0 saturated carbocycles. The van der Waals surface area contributed by atoms with Crippen LogP contribution in [0.15, 0.2) is 18.2 Å². The SMILES string of the molecule is COCCCNC(=O)NCCOc1ccc(C)c(C)c1. The van der Waals surface area contributed by atoms with Gasteiger partial charge < -0.3 is 20.1 Å². The Morgan fingerprint density at radius 3 is 2.55 bits per heavy atom. The first-order chi connectivity index (χ1) is 9.63. The third-order valence-electron chi connectivity index (χ3n) is 2.95. The first-order valence-electron chi connectivity index (χ1n) is 6.84. The first-order valence-corrected chi connectivity index (χ1v) is 6.84. The van der Waals surface area contributed by atoms with Gasteiger partial charge in [0.2, 0.25) is 0 Å². The number of nitrogens with one attached hydrogen (secondary N) is 2. The van der Waals surface area contributed by atoms with E-state index in [1.165, 1.54) is 11.1 Å². The molecule has 20 heavy (non-hydrogen) atoms. The van der Waals surface area contributed by atoms with Gasteiger partial charge in [-0.2, -0.15) is 0 Å². The maximum atomic E-state index is 11.4. The summed E-state index contributed by atoms with van der Waals surface area (Å²) in [7, 11) is 1.64. The van der Waals surface area contributed by atoms with Gasteiger partial charge in [0.05, 0.1) is 6.54 Å². The second kappa shape index (κ2) is 9.20. The maximum absolute atomic E-state index is 11.4. The molecule has 0 unspecified atom stereocenters. The van der Waals surface area contributed by atoms with Crippen LogP contribution in [0.3, 0.4) is 0 Å². The Morgan fingerprint density at radius 1 is 1.10 bits per heavy atom. The molecule has 0 aliphatic carbocycles. The van der Waals surface area contributed by atoms with Crippen LogP contribution in [0, 0.1) is 13.8 Å². The molecule has 2 amide bonds. The lowest BCUT2D eigenvalue weighted by molar-refractivity contribution is 0.193. The summed E-state index contributed by atoms with van der Waals surface area (Å²) in [6, 6.07) is 5.79. The zero-order chi connectivity index (χ0) is 14.8. The van der Waals surface area contributed by atoms with Crippen LogP contribution in [-0.4, -0.2) is 39.4 Å². The molecule has 0 aromatic heterocycles. The largest absolute Gasteiger partial charge is 0.492 e. The van der Waals surface area contributed by atoms with Gasteiger partial charge in [0.1, 0.15) is 12.4 Å². The molecule has 1 rings (SSSR count). The van der Waals surface area contributed by atoms with Crippen LogP contribution in [0.1, 0.15) is 17.5 Å². The van der Waals surface area contributed by atoms with Gasteiger partial charge in [-0.25, -0.2) is 4.79 Å². The van der Waals surface area contributed by atoms with Crippen LogP contribution < -0.4 is 15.4 Å². The number of hydrogen-bond donors (Lipinski definition) is 2. The molecular formula is C15H24N2O3. The van der Waals surface area contributed by atoms with E-state index in [9.17, 15) is 4.79 Å². The Kier molecular flexibility index (Phi) is 7.50. The molecular weight excluding hydrogens is 256 g/mol. The van der Waals surface area contributed by atoms with Crippen molar-refractivity contribution in [2.75, 3.05) is 33.4 Å². The number of hydrogen-bond acceptors (Lipinski definition) is 3. The number of carbonyl (C=O) groups excluding carboxylic acids is 1. The Labute approximate surface area is 120 Å². The molecule has 2 N–H and O–H groups in total. The van der Waals surface area contributed by atoms with E-state index in [0.717, 1.165) is 12.2 Å². The van der Waals surface area contributed by atoms with E-state index in [-0.39, 0.29) is 6.03 Å². The van der Waals surface area contributed by atoms with E-state index in [1.807, 2.05) is 25.1 Å². The van der Waals surface area contributed by atoms with Crippen LogP contribution in [0.2, 0.25) is 0 Å². The van der Waals surface area contributed by atoms with Gasteiger partial charge in [0.25, 0.3) is 0 Å². The minimum atomic E-state index is -0.176. The average Bonchev–Trinajstić information content (AvgIpc) is 2.43. The smallest absolute Gasteiger partial charge is 0.314 e. The third kappa shape index (κ3) is 6.43. The molecule has 0 spiro atoms. The summed E-state index contributed by atoms with van der Waals surface area (Å²) in [6.07, 6.45) is 0.809. The van der Waals surface area contributed by atoms with E-state index in [2.05, 4.69) is 17.6 Å². The summed E-state index contributed by atoms with van der Waals surface area (Å²) in [6.45, 7) is 6.30. The van der Waals surface area contributed by atoms with Crippen LogP contribution >= 0.6 is 0 Å². The number of ether oxygens (including phenoxy) is 2. The molecule has 5 heteroatoms. The molecule has 0 radical (unpaired) electrons. The highest BCUT2D eigenvalue weighted by Gasteiger charge is 2.00. The Balaban J connectivity index is 2.12. The molecule has 1 aromatic rings. The Morgan fingerprint density at radius 2 is 1.85 bits per heavy atom. The normalized spacial score (nSPS) is 10.2. The summed E-state index contributed by atoms with van der Waals surface area (Å²) in [5.74, 6) is 0.829. The van der Waals surface area contributed by atoms with Crippen molar-refractivity contribution in [2.45, 2.75) is 20.3 Å².